The van der Waals surface area contributed by atoms with Crippen LogP contribution >= 0.6 is 22.7 Å². The molecule has 72 heavy (non-hydrogen) atoms. The van der Waals surface area contributed by atoms with Crippen molar-refractivity contribution < 1.29 is 42.1 Å². The lowest BCUT2D eigenvalue weighted by Crippen LogP contribution is -2.45. The second-order valence-corrected chi connectivity index (χ2v) is 33.8. The van der Waals surface area contributed by atoms with Crippen LogP contribution in [-0.4, -0.2) is 119 Å². The lowest BCUT2D eigenvalue weighted by atomic mass is 10.2. The van der Waals surface area contributed by atoms with Gasteiger partial charge >= 0.3 is 12.1 Å². The first-order chi connectivity index (χ1) is 33.8. The number of ether oxygens (including phenoxy) is 5. The average Bonchev–Trinajstić information content (AvgIpc) is 3.87. The second kappa shape index (κ2) is 25.3. The molecule has 0 saturated carbocycles. The summed E-state index contributed by atoms with van der Waals surface area (Å²) in [5.74, 6) is 5.68. The van der Waals surface area contributed by atoms with E-state index in [9.17, 15) is 9.59 Å². The van der Waals surface area contributed by atoms with E-state index >= 15 is 4.39 Å². The summed E-state index contributed by atoms with van der Waals surface area (Å²) in [5.41, 5.74) is 1.81. The van der Waals surface area contributed by atoms with Gasteiger partial charge in [-0.25, -0.2) is 19.0 Å². The molecule has 5 rings (SSSR count). The summed E-state index contributed by atoms with van der Waals surface area (Å²) in [7, 11) is 1.11. The van der Waals surface area contributed by atoms with Gasteiger partial charge < -0.3 is 37.9 Å². The molecule has 0 radical (unpaired) electrons. The number of benzene rings is 2. The molecular weight excluding hydrogens is 990 g/mol. The molecule has 392 valence electrons. The summed E-state index contributed by atoms with van der Waals surface area (Å²) in [6.07, 6.45) is 0.663. The van der Waals surface area contributed by atoms with Crippen molar-refractivity contribution in [1.29, 1.82) is 0 Å². The molecule has 15 nitrogen and oxygen atoms in total. The molecule has 0 saturated heterocycles. The standard InChI is InChI=1S/C52H74FN7O8S2Si2/c1-36-32-44(56-57-46(36)55-49-60(35-65-30-31-71(11,12)13)40-21-16-17-22-42(40)69-49)59(28-26-38(34-63-9)68-72(14,15)52(5,6)7)48-54-45(47(61)64-10)43(70-48)23-19-29-66-41-25-24-37(33-39(41)53)20-18-27-58(8)50(62)67-51(2,3)4/h16-17,21-22,24-25,32-33,38H,19,23,26-31,34-35H2,1-15H3. The van der Waals surface area contributed by atoms with Crippen molar-refractivity contribution in [2.75, 3.05) is 59.1 Å². The van der Waals surface area contributed by atoms with Crippen molar-refractivity contribution in [3.8, 4) is 17.6 Å². The summed E-state index contributed by atoms with van der Waals surface area (Å²) >= 11 is 2.92. The molecule has 5 aromatic rings. The Kier molecular flexibility index (Phi) is 20.3. The van der Waals surface area contributed by atoms with Crippen LogP contribution in [0.15, 0.2) is 53.5 Å². The minimum atomic E-state index is -2.20. The predicted molar refractivity (Wildman–Crippen MR) is 291 cm³/mol. The quantitative estimate of drug-likeness (QED) is 0.0281. The van der Waals surface area contributed by atoms with E-state index in [4.69, 9.17) is 48.3 Å². The van der Waals surface area contributed by atoms with E-state index in [1.165, 1.54) is 35.5 Å². The smallest absolute Gasteiger partial charge is 0.410 e. The Morgan fingerprint density at radius 2 is 1.71 bits per heavy atom. The number of thiazole rings is 2. The molecule has 0 bridgehead atoms. The topological polar surface area (TPSA) is 152 Å². The molecular formula is C52H74FN7O8S2Si2. The Morgan fingerprint density at radius 3 is 2.36 bits per heavy atom. The first-order valence-electron chi connectivity index (χ1n) is 24.2. The number of aromatic nitrogens is 4. The molecule has 0 aliphatic heterocycles. The number of esters is 1. The first kappa shape index (κ1) is 57.9. The van der Waals surface area contributed by atoms with E-state index in [1.54, 1.807) is 52.3 Å². The van der Waals surface area contributed by atoms with Gasteiger partial charge in [0.2, 0.25) is 0 Å². The first-order valence-corrected chi connectivity index (χ1v) is 32.5. The van der Waals surface area contributed by atoms with E-state index in [1.807, 2.05) is 30.0 Å². The SMILES string of the molecule is COCC(CCN(c1cc(C)c(N=c2sc3ccccc3n2COCC[Si](C)(C)C)nn1)c1nc(C(=O)OC)c(CCCOc2ccc(C#CCN(C)C(=O)OC(C)(C)C)cc2F)s1)O[Si](C)(C)C(C)(C)C. The number of anilines is 2. The van der Waals surface area contributed by atoms with Gasteiger partial charge in [-0.2, -0.15) is 4.99 Å². The second-order valence-electron chi connectivity index (χ2n) is 21.3. The van der Waals surface area contributed by atoms with E-state index in [-0.39, 0.29) is 35.7 Å². The number of carbonyl (C=O) groups excluding carboxylic acids is 2. The number of aryl methyl sites for hydroxylation is 2. The van der Waals surface area contributed by atoms with Gasteiger partial charge in [-0.15, -0.1) is 21.5 Å². The van der Waals surface area contributed by atoms with Crippen molar-refractivity contribution in [3.63, 3.8) is 0 Å². The number of methoxy groups -OCH3 is 2. The monoisotopic (exact) mass is 1060 g/mol. The van der Waals surface area contributed by atoms with Gasteiger partial charge in [0, 0.05) is 45.8 Å². The maximum Gasteiger partial charge on any atom is 0.410 e. The van der Waals surface area contributed by atoms with Crippen LogP contribution in [0.25, 0.3) is 10.2 Å². The molecule has 3 heterocycles. The number of amides is 1. The van der Waals surface area contributed by atoms with Crippen LogP contribution in [-0.2, 0) is 36.5 Å². The zero-order chi connectivity index (χ0) is 53.0. The summed E-state index contributed by atoms with van der Waals surface area (Å²) in [5, 5.41) is 9.95. The molecule has 20 heteroatoms. The van der Waals surface area contributed by atoms with Crippen LogP contribution in [0.5, 0.6) is 5.75 Å². The maximum atomic E-state index is 15.2. The van der Waals surface area contributed by atoms with E-state index in [2.05, 4.69) is 82.0 Å². The summed E-state index contributed by atoms with van der Waals surface area (Å²) in [6, 6.07) is 15.7. The Bertz CT molecular complexity index is 2770. The number of rotatable bonds is 22. The number of carbonyl (C=O) groups is 2. The van der Waals surface area contributed by atoms with Crippen molar-refractivity contribution in [2.24, 2.45) is 4.99 Å². The van der Waals surface area contributed by atoms with Gasteiger partial charge in [0.1, 0.15) is 12.3 Å². The summed E-state index contributed by atoms with van der Waals surface area (Å²) in [4.78, 5) is 40.3. The van der Waals surface area contributed by atoms with Gasteiger partial charge in [-0.05, 0) is 113 Å². The Balaban J connectivity index is 1.41. The van der Waals surface area contributed by atoms with Crippen LogP contribution in [0.1, 0.15) is 80.9 Å². The minimum Gasteiger partial charge on any atom is -0.491 e. The molecule has 3 aromatic heterocycles. The van der Waals surface area contributed by atoms with E-state index in [0.717, 1.165) is 26.6 Å². The number of fused-ring (bicyclic) bond motifs is 1. The van der Waals surface area contributed by atoms with Crippen molar-refractivity contribution in [1.82, 2.24) is 24.6 Å². The molecule has 1 unspecified atom stereocenters. The fraction of sp³-hybridized carbons (Fsp3) is 0.538. The highest BCUT2D eigenvalue weighted by Gasteiger charge is 2.39. The number of nitrogens with zero attached hydrogens (tertiary/aromatic N) is 7. The lowest BCUT2D eigenvalue weighted by molar-refractivity contribution is 0.0320. The summed E-state index contributed by atoms with van der Waals surface area (Å²) in [6.45, 7) is 27.5. The number of hydrogen-bond acceptors (Lipinski definition) is 15. The van der Waals surface area contributed by atoms with E-state index < -0.39 is 39.9 Å². The molecule has 0 aliphatic carbocycles. The van der Waals surface area contributed by atoms with Crippen molar-refractivity contribution >= 4 is 78.1 Å². The Hall–Kier alpha value is -5.02. The maximum absolute atomic E-state index is 15.2. The highest BCUT2D eigenvalue weighted by Crippen LogP contribution is 2.39. The third-order valence-corrected chi connectivity index (χ3v) is 20.2. The molecule has 1 amide bonds. The molecule has 0 spiro atoms. The van der Waals surface area contributed by atoms with Gasteiger partial charge in [0.05, 0.1) is 43.2 Å². The average molecular weight is 1060 g/mol. The third-order valence-electron chi connectivity index (χ3n) is 11.8. The predicted octanol–water partition coefficient (Wildman–Crippen LogP) is 11.5. The zero-order valence-corrected chi connectivity index (χ0v) is 48.5. The van der Waals surface area contributed by atoms with Gasteiger partial charge in [-0.1, -0.05) is 75.7 Å². The Labute approximate surface area is 435 Å². The normalized spacial score (nSPS) is 12.9. The van der Waals surface area contributed by atoms with Crippen molar-refractivity contribution in [3.05, 3.63) is 80.8 Å². The Morgan fingerprint density at radius 1 is 0.972 bits per heavy atom. The van der Waals surface area contributed by atoms with Crippen LogP contribution in [0, 0.1) is 24.6 Å². The van der Waals surface area contributed by atoms with Gasteiger partial charge in [0.25, 0.3) is 0 Å². The highest BCUT2D eigenvalue weighted by atomic mass is 32.1. The third kappa shape index (κ3) is 16.8. The zero-order valence-electron chi connectivity index (χ0n) is 44.9. The molecule has 0 N–H and O–H groups in total. The molecule has 1 atom stereocenters. The van der Waals surface area contributed by atoms with Crippen LogP contribution in [0.3, 0.4) is 0 Å². The van der Waals surface area contributed by atoms with Crippen LogP contribution in [0.2, 0.25) is 43.8 Å². The number of para-hydroxylation sites is 1. The molecule has 2 aromatic carbocycles. The van der Waals surface area contributed by atoms with Gasteiger partial charge in [0.15, 0.2) is 47.1 Å². The van der Waals surface area contributed by atoms with Crippen LogP contribution in [0.4, 0.5) is 26.0 Å². The fourth-order valence-corrected chi connectivity index (χ4v) is 11.0. The fourth-order valence-electron chi connectivity index (χ4n) is 6.75. The molecule has 0 fully saturated rings. The van der Waals surface area contributed by atoms with E-state index in [0.29, 0.717) is 73.0 Å². The van der Waals surface area contributed by atoms with Gasteiger partial charge in [-0.3, -0.25) is 4.57 Å². The largest absolute Gasteiger partial charge is 0.491 e. The number of halogens is 1. The number of hydrogen-bond donors (Lipinski definition) is 0. The molecule has 0 aliphatic rings. The summed E-state index contributed by atoms with van der Waals surface area (Å²) < 4.78 is 53.6. The van der Waals surface area contributed by atoms with Crippen LogP contribution < -0.4 is 14.4 Å². The highest BCUT2D eigenvalue weighted by molar-refractivity contribution is 7.16. The lowest BCUT2D eigenvalue weighted by Gasteiger charge is -2.39. The minimum absolute atomic E-state index is 0.0242. The van der Waals surface area contributed by atoms with Crippen molar-refractivity contribution in [2.45, 2.75) is 130 Å².